The van der Waals surface area contributed by atoms with E-state index in [1.54, 1.807) is 23.9 Å². The lowest BCUT2D eigenvalue weighted by Crippen LogP contribution is -2.34. The number of hydrogen-bond donors (Lipinski definition) is 1. The summed E-state index contributed by atoms with van der Waals surface area (Å²) in [5.41, 5.74) is 0.290. The molecule has 0 bridgehead atoms. The predicted molar refractivity (Wildman–Crippen MR) is 67.0 cm³/mol. The van der Waals surface area contributed by atoms with E-state index in [1.165, 1.54) is 0 Å². The Morgan fingerprint density at radius 2 is 2.31 bits per heavy atom. The molecule has 1 aromatic rings. The van der Waals surface area contributed by atoms with Crippen molar-refractivity contribution in [3.8, 4) is 0 Å². The van der Waals surface area contributed by atoms with E-state index < -0.39 is 0 Å². The van der Waals surface area contributed by atoms with Crippen LogP contribution in [0.5, 0.6) is 0 Å². The van der Waals surface area contributed by atoms with Gasteiger partial charge in [0.15, 0.2) is 10.8 Å². The van der Waals surface area contributed by atoms with Crippen LogP contribution in [-0.4, -0.2) is 33.7 Å². The molecule has 0 aliphatic rings. The van der Waals surface area contributed by atoms with Crippen molar-refractivity contribution in [1.29, 1.82) is 0 Å². The predicted octanol–water partition coefficient (Wildman–Crippen LogP) is 2.00. The highest BCUT2D eigenvalue weighted by Gasteiger charge is 2.11. The molecule has 16 heavy (non-hydrogen) atoms. The Morgan fingerprint density at radius 1 is 1.56 bits per heavy atom. The molecule has 0 aromatic carbocycles. The van der Waals surface area contributed by atoms with Gasteiger partial charge in [0.2, 0.25) is 0 Å². The number of aromatic nitrogens is 2. The van der Waals surface area contributed by atoms with E-state index in [1.807, 2.05) is 6.92 Å². The number of thioether (sulfide) groups is 1. The Labute approximate surface area is 104 Å². The third-order valence-electron chi connectivity index (χ3n) is 1.81. The van der Waals surface area contributed by atoms with Crippen LogP contribution in [0.1, 0.15) is 24.3 Å². The first-order valence-corrected chi connectivity index (χ1v) is 6.54. The van der Waals surface area contributed by atoms with Gasteiger partial charge in [-0.3, -0.25) is 4.79 Å². The van der Waals surface area contributed by atoms with Gasteiger partial charge in [0.25, 0.3) is 5.91 Å². The highest BCUT2D eigenvalue weighted by atomic mass is 35.5. The van der Waals surface area contributed by atoms with E-state index in [2.05, 4.69) is 22.4 Å². The molecule has 1 aromatic heterocycles. The molecular formula is C10H14ClN3OS. The van der Waals surface area contributed by atoms with E-state index >= 15 is 0 Å². The highest BCUT2D eigenvalue weighted by molar-refractivity contribution is 7.99. The van der Waals surface area contributed by atoms with Gasteiger partial charge >= 0.3 is 0 Å². The number of nitrogens with zero attached hydrogens (tertiary/aromatic N) is 2. The van der Waals surface area contributed by atoms with Crippen molar-refractivity contribution in [3.05, 3.63) is 23.0 Å². The summed E-state index contributed by atoms with van der Waals surface area (Å²) >= 11 is 7.37. The van der Waals surface area contributed by atoms with Crippen LogP contribution in [0.2, 0.25) is 5.15 Å². The molecule has 0 spiro atoms. The molecule has 0 radical (unpaired) electrons. The van der Waals surface area contributed by atoms with Gasteiger partial charge in [-0.15, -0.1) is 10.2 Å². The number of amides is 1. The second kappa shape index (κ2) is 6.70. The number of halogens is 1. The topological polar surface area (TPSA) is 54.9 Å². The van der Waals surface area contributed by atoms with Gasteiger partial charge in [0.05, 0.1) is 0 Å². The molecule has 1 unspecified atom stereocenters. The van der Waals surface area contributed by atoms with Crippen molar-refractivity contribution in [1.82, 2.24) is 15.5 Å². The molecule has 1 heterocycles. The summed E-state index contributed by atoms with van der Waals surface area (Å²) in [6.07, 6.45) is 0. The maximum Gasteiger partial charge on any atom is 0.272 e. The summed E-state index contributed by atoms with van der Waals surface area (Å²) < 4.78 is 0. The van der Waals surface area contributed by atoms with Crippen molar-refractivity contribution in [2.75, 3.05) is 11.5 Å². The third-order valence-corrected chi connectivity index (χ3v) is 3.16. The molecule has 1 amide bonds. The van der Waals surface area contributed by atoms with Crippen LogP contribution in [-0.2, 0) is 0 Å². The maximum atomic E-state index is 11.7. The summed E-state index contributed by atoms with van der Waals surface area (Å²) in [5.74, 6) is 1.72. The first-order valence-electron chi connectivity index (χ1n) is 5.01. The van der Waals surface area contributed by atoms with Gasteiger partial charge in [-0.2, -0.15) is 11.8 Å². The van der Waals surface area contributed by atoms with Crippen molar-refractivity contribution in [2.45, 2.75) is 19.9 Å². The molecule has 0 fully saturated rings. The lowest BCUT2D eigenvalue weighted by atomic mass is 10.3. The number of nitrogens with one attached hydrogen (secondary N) is 1. The standard InChI is InChI=1S/C10H14ClN3OS/c1-3-16-6-7(2)12-10(15)8-4-5-9(11)14-13-8/h4-5,7H,3,6H2,1-2H3,(H,12,15). The molecule has 0 aliphatic heterocycles. The minimum absolute atomic E-state index is 0.120. The quantitative estimate of drug-likeness (QED) is 0.879. The van der Waals surface area contributed by atoms with Gasteiger partial charge in [0, 0.05) is 11.8 Å². The van der Waals surface area contributed by atoms with Crippen molar-refractivity contribution < 1.29 is 4.79 Å². The summed E-state index contributed by atoms with van der Waals surface area (Å²) in [5, 5.41) is 10.5. The lowest BCUT2D eigenvalue weighted by molar-refractivity contribution is 0.0937. The minimum atomic E-state index is -0.214. The van der Waals surface area contributed by atoms with E-state index in [9.17, 15) is 4.79 Å². The van der Waals surface area contributed by atoms with Crippen LogP contribution >= 0.6 is 23.4 Å². The fraction of sp³-hybridized carbons (Fsp3) is 0.500. The summed E-state index contributed by atoms with van der Waals surface area (Å²) in [7, 11) is 0. The van der Waals surface area contributed by atoms with Crippen LogP contribution in [0.3, 0.4) is 0 Å². The average Bonchev–Trinajstić information content (AvgIpc) is 2.27. The number of hydrogen-bond acceptors (Lipinski definition) is 4. The highest BCUT2D eigenvalue weighted by Crippen LogP contribution is 2.04. The van der Waals surface area contributed by atoms with E-state index in [-0.39, 0.29) is 22.8 Å². The zero-order valence-electron chi connectivity index (χ0n) is 9.24. The summed E-state index contributed by atoms with van der Waals surface area (Å²) in [4.78, 5) is 11.7. The number of rotatable bonds is 5. The van der Waals surface area contributed by atoms with E-state index in [0.717, 1.165) is 11.5 Å². The SMILES string of the molecule is CCSCC(C)NC(=O)c1ccc(Cl)nn1. The minimum Gasteiger partial charge on any atom is -0.347 e. The molecule has 4 nitrogen and oxygen atoms in total. The Bertz CT molecular complexity index is 344. The number of carbonyl (C=O) groups is 1. The smallest absolute Gasteiger partial charge is 0.272 e. The Balaban J connectivity index is 2.48. The van der Waals surface area contributed by atoms with Gasteiger partial charge in [0.1, 0.15) is 0 Å². The van der Waals surface area contributed by atoms with Crippen LogP contribution < -0.4 is 5.32 Å². The average molecular weight is 260 g/mol. The first kappa shape index (κ1) is 13.3. The van der Waals surface area contributed by atoms with Crippen molar-refractivity contribution in [3.63, 3.8) is 0 Å². The summed E-state index contributed by atoms with van der Waals surface area (Å²) in [6, 6.07) is 3.23. The molecule has 0 saturated carbocycles. The number of carbonyl (C=O) groups excluding carboxylic acids is 1. The molecule has 1 atom stereocenters. The van der Waals surface area contributed by atoms with E-state index in [0.29, 0.717) is 0 Å². The lowest BCUT2D eigenvalue weighted by Gasteiger charge is -2.12. The largest absolute Gasteiger partial charge is 0.347 e. The first-order chi connectivity index (χ1) is 7.63. The molecule has 0 aliphatic carbocycles. The maximum absolute atomic E-state index is 11.7. The van der Waals surface area contributed by atoms with Gasteiger partial charge in [-0.25, -0.2) is 0 Å². The van der Waals surface area contributed by atoms with E-state index in [4.69, 9.17) is 11.6 Å². The fourth-order valence-electron chi connectivity index (χ4n) is 1.07. The van der Waals surface area contributed by atoms with Gasteiger partial charge < -0.3 is 5.32 Å². The molecule has 1 rings (SSSR count). The van der Waals surface area contributed by atoms with Crippen LogP contribution in [0.25, 0.3) is 0 Å². The second-order valence-corrected chi connectivity index (χ2v) is 4.98. The molecule has 1 N–H and O–H groups in total. The van der Waals surface area contributed by atoms with Crippen molar-refractivity contribution in [2.24, 2.45) is 0 Å². The molecule has 6 heteroatoms. The van der Waals surface area contributed by atoms with Gasteiger partial charge in [-0.1, -0.05) is 18.5 Å². The monoisotopic (exact) mass is 259 g/mol. The third kappa shape index (κ3) is 4.37. The molecule has 88 valence electrons. The Morgan fingerprint density at radius 3 is 2.88 bits per heavy atom. The fourth-order valence-corrected chi connectivity index (χ4v) is 1.84. The van der Waals surface area contributed by atoms with Gasteiger partial charge in [-0.05, 0) is 24.8 Å². The van der Waals surface area contributed by atoms with Crippen molar-refractivity contribution >= 4 is 29.3 Å². The molecular weight excluding hydrogens is 246 g/mol. The Kier molecular flexibility index (Phi) is 5.55. The normalized spacial score (nSPS) is 12.2. The second-order valence-electron chi connectivity index (χ2n) is 3.28. The van der Waals surface area contributed by atoms with Crippen LogP contribution in [0, 0.1) is 0 Å². The Hall–Kier alpha value is -0.810. The molecule has 0 saturated heterocycles. The van der Waals surface area contributed by atoms with Crippen LogP contribution in [0.15, 0.2) is 12.1 Å². The summed E-state index contributed by atoms with van der Waals surface area (Å²) in [6.45, 7) is 4.05. The zero-order chi connectivity index (χ0) is 12.0. The van der Waals surface area contributed by atoms with Crippen LogP contribution in [0.4, 0.5) is 0 Å². The zero-order valence-corrected chi connectivity index (χ0v) is 10.8.